The maximum Gasteiger partial charge on any atom is 0.312 e. The standard InChI is InChI=1S/C37H54O3/c1-32(2)28-15-18-37(7)29(35(28,5)17-16-30(32)38)14-13-26-27-23-34(4,20-19-33(27,3)21-22-36(26,37)6)31(39)40-24-25-11-9-8-10-12-25/h8-13,27-30,38H,14-24H2,1-7H3/t27-,28-,29+,30-,33+,34-,35-,36+,37+/m0/s1. The van der Waals surface area contributed by atoms with Gasteiger partial charge in [-0.3, -0.25) is 4.79 Å². The van der Waals surface area contributed by atoms with Crippen LogP contribution in [0.25, 0.3) is 0 Å². The SMILES string of the molecule is CC1(C)[C@@H](O)CC[C@]2(C)[C@H]3CC=C4[C@@H]5C[C@@](C)(C(=O)OCc6ccccc6)CC[C@]5(C)CC[C@@]4(C)[C@]3(C)CC[C@@H]12. The van der Waals surface area contributed by atoms with Crippen LogP contribution in [0.2, 0.25) is 0 Å². The Morgan fingerprint density at radius 3 is 2.30 bits per heavy atom. The van der Waals surface area contributed by atoms with Crippen LogP contribution < -0.4 is 0 Å². The summed E-state index contributed by atoms with van der Waals surface area (Å²) in [6.07, 6.45) is 13.7. The van der Waals surface area contributed by atoms with Crippen LogP contribution in [0, 0.1) is 50.2 Å². The van der Waals surface area contributed by atoms with Gasteiger partial charge in [-0.2, -0.15) is 0 Å². The number of benzene rings is 1. The topological polar surface area (TPSA) is 46.5 Å². The molecule has 5 aliphatic carbocycles. The third-order valence-corrected chi connectivity index (χ3v) is 14.5. The Morgan fingerprint density at radius 2 is 1.57 bits per heavy atom. The first-order chi connectivity index (χ1) is 18.7. The van der Waals surface area contributed by atoms with Crippen molar-refractivity contribution < 1.29 is 14.6 Å². The molecule has 0 saturated heterocycles. The number of hydrogen-bond acceptors (Lipinski definition) is 3. The molecule has 4 fully saturated rings. The normalized spacial score (nSPS) is 47.5. The summed E-state index contributed by atoms with van der Waals surface area (Å²) in [7, 11) is 0. The molecular weight excluding hydrogens is 492 g/mol. The van der Waals surface area contributed by atoms with Gasteiger partial charge in [0.1, 0.15) is 6.61 Å². The third-order valence-electron chi connectivity index (χ3n) is 14.5. The molecule has 0 unspecified atom stereocenters. The van der Waals surface area contributed by atoms with Crippen LogP contribution in [-0.4, -0.2) is 17.2 Å². The highest BCUT2D eigenvalue weighted by Crippen LogP contribution is 2.75. The van der Waals surface area contributed by atoms with Crippen molar-refractivity contribution in [3.63, 3.8) is 0 Å². The van der Waals surface area contributed by atoms with Crippen molar-refractivity contribution >= 4 is 5.97 Å². The monoisotopic (exact) mass is 546 g/mol. The molecule has 40 heavy (non-hydrogen) atoms. The van der Waals surface area contributed by atoms with E-state index in [-0.39, 0.29) is 39.1 Å². The van der Waals surface area contributed by atoms with Gasteiger partial charge in [0.2, 0.25) is 0 Å². The fourth-order valence-electron chi connectivity index (χ4n) is 11.4. The quantitative estimate of drug-likeness (QED) is 0.304. The predicted octanol–water partition coefficient (Wildman–Crippen LogP) is 8.89. The van der Waals surface area contributed by atoms with E-state index in [0.717, 1.165) is 44.1 Å². The van der Waals surface area contributed by atoms with Crippen molar-refractivity contribution in [1.82, 2.24) is 0 Å². The van der Waals surface area contributed by atoms with Crippen molar-refractivity contribution in [1.29, 1.82) is 0 Å². The van der Waals surface area contributed by atoms with Crippen LogP contribution in [0.5, 0.6) is 0 Å². The molecule has 0 heterocycles. The van der Waals surface area contributed by atoms with E-state index in [1.54, 1.807) is 5.57 Å². The van der Waals surface area contributed by atoms with E-state index in [0.29, 0.717) is 24.4 Å². The number of ether oxygens (including phenoxy) is 1. The number of hydrogen-bond donors (Lipinski definition) is 1. The lowest BCUT2D eigenvalue weighted by Gasteiger charge is -2.71. The second kappa shape index (κ2) is 9.19. The summed E-state index contributed by atoms with van der Waals surface area (Å²) in [6, 6.07) is 10.1. The highest BCUT2D eigenvalue weighted by molar-refractivity contribution is 5.76. The molecule has 0 spiro atoms. The number of aliphatic hydroxyl groups excluding tert-OH is 1. The first-order valence-corrected chi connectivity index (χ1v) is 16.3. The summed E-state index contributed by atoms with van der Waals surface area (Å²) in [5, 5.41) is 11.0. The molecule has 6 rings (SSSR count). The smallest absolute Gasteiger partial charge is 0.312 e. The molecule has 1 aromatic carbocycles. The van der Waals surface area contributed by atoms with Gasteiger partial charge in [0.25, 0.3) is 0 Å². The largest absolute Gasteiger partial charge is 0.460 e. The number of aliphatic hydroxyl groups is 1. The van der Waals surface area contributed by atoms with Crippen LogP contribution >= 0.6 is 0 Å². The van der Waals surface area contributed by atoms with Gasteiger partial charge in [-0.05, 0) is 122 Å². The summed E-state index contributed by atoms with van der Waals surface area (Å²) in [6.45, 7) is 17.6. The van der Waals surface area contributed by atoms with Crippen molar-refractivity contribution in [2.24, 2.45) is 50.2 Å². The second-order valence-electron chi connectivity index (χ2n) is 16.7. The van der Waals surface area contributed by atoms with E-state index in [1.165, 1.54) is 25.7 Å². The highest BCUT2D eigenvalue weighted by Gasteiger charge is 2.68. The Bertz CT molecular complexity index is 1190. The van der Waals surface area contributed by atoms with Crippen LogP contribution in [0.15, 0.2) is 42.0 Å². The number of allylic oxidation sites excluding steroid dienone is 2. The van der Waals surface area contributed by atoms with Gasteiger partial charge in [-0.25, -0.2) is 0 Å². The molecule has 4 saturated carbocycles. The lowest BCUT2D eigenvalue weighted by Crippen LogP contribution is -2.64. The summed E-state index contributed by atoms with van der Waals surface area (Å²) < 4.78 is 5.97. The molecule has 3 nitrogen and oxygen atoms in total. The lowest BCUT2D eigenvalue weighted by molar-refractivity contribution is -0.203. The molecule has 9 atom stereocenters. The number of esters is 1. The zero-order chi connectivity index (χ0) is 28.8. The van der Waals surface area contributed by atoms with Gasteiger partial charge in [-0.1, -0.05) is 83.5 Å². The zero-order valence-electron chi connectivity index (χ0n) is 26.3. The van der Waals surface area contributed by atoms with Gasteiger partial charge in [0.15, 0.2) is 0 Å². The summed E-state index contributed by atoms with van der Waals surface area (Å²) in [5.74, 6) is 1.66. The van der Waals surface area contributed by atoms with Crippen molar-refractivity contribution in [3.8, 4) is 0 Å². The van der Waals surface area contributed by atoms with E-state index >= 15 is 0 Å². The van der Waals surface area contributed by atoms with Crippen molar-refractivity contribution in [2.45, 2.75) is 125 Å². The molecule has 0 amide bonds. The molecule has 1 aromatic rings. The maximum absolute atomic E-state index is 13.6. The van der Waals surface area contributed by atoms with E-state index in [1.807, 2.05) is 30.3 Å². The summed E-state index contributed by atoms with van der Waals surface area (Å²) >= 11 is 0. The minimum atomic E-state index is -0.428. The third kappa shape index (κ3) is 3.88. The van der Waals surface area contributed by atoms with Gasteiger partial charge in [0.05, 0.1) is 11.5 Å². The average molecular weight is 547 g/mol. The molecule has 5 aliphatic rings. The van der Waals surface area contributed by atoms with E-state index in [4.69, 9.17) is 4.74 Å². The highest BCUT2D eigenvalue weighted by atomic mass is 16.5. The van der Waals surface area contributed by atoms with E-state index in [9.17, 15) is 9.90 Å². The minimum Gasteiger partial charge on any atom is -0.460 e. The van der Waals surface area contributed by atoms with Crippen molar-refractivity contribution in [2.75, 3.05) is 0 Å². The number of fused-ring (bicyclic) bond motifs is 7. The van der Waals surface area contributed by atoms with Gasteiger partial charge in [-0.15, -0.1) is 0 Å². The number of carbonyl (C=O) groups excluding carboxylic acids is 1. The first kappa shape index (κ1) is 28.5. The molecule has 0 aromatic heterocycles. The molecule has 220 valence electrons. The van der Waals surface area contributed by atoms with Gasteiger partial charge < -0.3 is 9.84 Å². The van der Waals surface area contributed by atoms with Crippen molar-refractivity contribution in [3.05, 3.63) is 47.5 Å². The summed E-state index contributed by atoms with van der Waals surface area (Å²) in [5.41, 5.74) is 3.25. The fraction of sp³-hybridized carbons (Fsp3) is 0.757. The van der Waals surface area contributed by atoms with Crippen LogP contribution in [0.4, 0.5) is 0 Å². The first-order valence-electron chi connectivity index (χ1n) is 16.3. The Kier molecular flexibility index (Phi) is 6.55. The molecule has 0 radical (unpaired) electrons. The Morgan fingerprint density at radius 1 is 0.875 bits per heavy atom. The number of rotatable bonds is 3. The molecule has 0 aliphatic heterocycles. The molecule has 3 heteroatoms. The average Bonchev–Trinajstić information content (AvgIpc) is 2.91. The second-order valence-corrected chi connectivity index (χ2v) is 16.7. The van der Waals surface area contributed by atoms with E-state index < -0.39 is 5.41 Å². The Labute approximate surface area is 243 Å². The van der Waals surface area contributed by atoms with Crippen LogP contribution in [-0.2, 0) is 16.1 Å². The fourth-order valence-corrected chi connectivity index (χ4v) is 11.4. The predicted molar refractivity (Wildman–Crippen MR) is 161 cm³/mol. The minimum absolute atomic E-state index is 0.0119. The molecule has 1 N–H and O–H groups in total. The van der Waals surface area contributed by atoms with E-state index in [2.05, 4.69) is 54.5 Å². The zero-order valence-corrected chi connectivity index (χ0v) is 26.3. The Balaban J connectivity index is 1.30. The Hall–Kier alpha value is -1.61. The maximum atomic E-state index is 13.6. The number of carbonyl (C=O) groups is 1. The van der Waals surface area contributed by atoms with Gasteiger partial charge >= 0.3 is 5.97 Å². The summed E-state index contributed by atoms with van der Waals surface area (Å²) in [4.78, 5) is 13.6. The lowest BCUT2D eigenvalue weighted by atomic mass is 9.33. The molecule has 0 bridgehead atoms. The van der Waals surface area contributed by atoms with Gasteiger partial charge in [0, 0.05) is 0 Å². The molecular formula is C37H54O3. The van der Waals surface area contributed by atoms with Crippen LogP contribution in [0.1, 0.15) is 118 Å². The van der Waals surface area contributed by atoms with Crippen LogP contribution in [0.3, 0.4) is 0 Å².